The highest BCUT2D eigenvalue weighted by Gasteiger charge is 2.26. The maximum atomic E-state index is 12.1. The SMILES string of the molecule is C[C@H](NS(=O)(=O)Cc1ccccc1)C(=O)N1CCCC1. The average molecular weight is 296 g/mol. The van der Waals surface area contributed by atoms with Gasteiger partial charge in [0.2, 0.25) is 15.9 Å². The van der Waals surface area contributed by atoms with Crippen molar-refractivity contribution in [2.24, 2.45) is 0 Å². The summed E-state index contributed by atoms with van der Waals surface area (Å²) >= 11 is 0. The number of benzene rings is 1. The van der Waals surface area contributed by atoms with Crippen LogP contribution in [0, 0.1) is 0 Å². The molecule has 2 rings (SSSR count). The first-order valence-corrected chi connectivity index (χ1v) is 8.46. The summed E-state index contributed by atoms with van der Waals surface area (Å²) in [6.45, 7) is 3.05. The van der Waals surface area contributed by atoms with Gasteiger partial charge in [-0.25, -0.2) is 13.1 Å². The quantitative estimate of drug-likeness (QED) is 0.885. The number of nitrogens with one attached hydrogen (secondary N) is 1. The fourth-order valence-electron chi connectivity index (χ4n) is 2.37. The molecular weight excluding hydrogens is 276 g/mol. The molecule has 110 valence electrons. The predicted molar refractivity (Wildman–Crippen MR) is 77.5 cm³/mol. The van der Waals surface area contributed by atoms with Crippen molar-refractivity contribution in [2.45, 2.75) is 31.6 Å². The highest BCUT2D eigenvalue weighted by atomic mass is 32.2. The Balaban J connectivity index is 1.95. The second-order valence-corrected chi connectivity index (χ2v) is 6.87. The first kappa shape index (κ1) is 15.0. The molecule has 0 unspecified atom stereocenters. The van der Waals surface area contributed by atoms with Crippen LogP contribution in [0.5, 0.6) is 0 Å². The fourth-order valence-corrected chi connectivity index (χ4v) is 3.72. The van der Waals surface area contributed by atoms with Gasteiger partial charge in [0, 0.05) is 13.1 Å². The number of nitrogens with zero attached hydrogens (tertiary/aromatic N) is 1. The van der Waals surface area contributed by atoms with E-state index in [9.17, 15) is 13.2 Å². The largest absolute Gasteiger partial charge is 0.341 e. The molecule has 6 heteroatoms. The van der Waals surface area contributed by atoms with Crippen LogP contribution in [0.3, 0.4) is 0 Å². The normalized spacial score (nSPS) is 17.1. The zero-order valence-corrected chi connectivity index (χ0v) is 12.4. The van der Waals surface area contributed by atoms with Crippen molar-refractivity contribution in [1.29, 1.82) is 0 Å². The molecule has 0 aromatic heterocycles. The third-order valence-electron chi connectivity index (χ3n) is 3.34. The van der Waals surface area contributed by atoms with Gasteiger partial charge in [0.05, 0.1) is 11.8 Å². The van der Waals surface area contributed by atoms with Crippen LogP contribution in [0.1, 0.15) is 25.3 Å². The summed E-state index contributed by atoms with van der Waals surface area (Å²) in [5.41, 5.74) is 0.709. The van der Waals surface area contributed by atoms with Gasteiger partial charge in [-0.3, -0.25) is 4.79 Å². The van der Waals surface area contributed by atoms with Gasteiger partial charge in [-0.2, -0.15) is 0 Å². The van der Waals surface area contributed by atoms with E-state index in [2.05, 4.69) is 4.72 Å². The number of likely N-dealkylation sites (tertiary alicyclic amines) is 1. The molecule has 1 fully saturated rings. The monoisotopic (exact) mass is 296 g/mol. The van der Waals surface area contributed by atoms with Gasteiger partial charge in [-0.15, -0.1) is 0 Å². The molecule has 1 atom stereocenters. The average Bonchev–Trinajstić information content (AvgIpc) is 2.91. The maximum Gasteiger partial charge on any atom is 0.240 e. The van der Waals surface area contributed by atoms with Crippen LogP contribution in [0.15, 0.2) is 30.3 Å². The first-order valence-electron chi connectivity index (χ1n) is 6.81. The topological polar surface area (TPSA) is 66.5 Å². The standard InChI is InChI=1S/C14H20N2O3S/c1-12(14(17)16-9-5-6-10-16)15-20(18,19)11-13-7-3-2-4-8-13/h2-4,7-8,12,15H,5-6,9-11H2,1H3/t12-/m0/s1. The van der Waals surface area contributed by atoms with Gasteiger partial charge in [-0.05, 0) is 25.3 Å². The molecule has 0 aliphatic carbocycles. The first-order chi connectivity index (χ1) is 9.48. The molecule has 1 N–H and O–H groups in total. The second-order valence-electron chi connectivity index (χ2n) is 5.12. The van der Waals surface area contributed by atoms with Crippen molar-refractivity contribution >= 4 is 15.9 Å². The molecule has 1 aromatic carbocycles. The highest BCUT2D eigenvalue weighted by Crippen LogP contribution is 2.10. The summed E-state index contributed by atoms with van der Waals surface area (Å²) in [6.07, 6.45) is 1.99. The van der Waals surface area contributed by atoms with Crippen LogP contribution in [0.25, 0.3) is 0 Å². The van der Waals surface area contributed by atoms with E-state index in [1.165, 1.54) is 0 Å². The Bertz CT molecular complexity index is 551. The van der Waals surface area contributed by atoms with E-state index in [-0.39, 0.29) is 11.7 Å². The fraction of sp³-hybridized carbons (Fsp3) is 0.500. The number of carbonyl (C=O) groups is 1. The van der Waals surface area contributed by atoms with Gasteiger partial charge < -0.3 is 4.90 Å². The zero-order valence-electron chi connectivity index (χ0n) is 11.6. The Morgan fingerprint density at radius 1 is 1.25 bits per heavy atom. The lowest BCUT2D eigenvalue weighted by molar-refractivity contribution is -0.131. The molecular formula is C14H20N2O3S. The van der Waals surface area contributed by atoms with Gasteiger partial charge in [0.1, 0.15) is 0 Å². The third kappa shape index (κ3) is 4.05. The van der Waals surface area contributed by atoms with Crippen molar-refractivity contribution < 1.29 is 13.2 Å². The molecule has 1 amide bonds. The van der Waals surface area contributed by atoms with Crippen molar-refractivity contribution in [3.05, 3.63) is 35.9 Å². The predicted octanol–water partition coefficient (Wildman–Crippen LogP) is 1.12. The van der Waals surface area contributed by atoms with Crippen molar-refractivity contribution in [3.8, 4) is 0 Å². The number of hydrogen-bond acceptors (Lipinski definition) is 3. The molecule has 0 spiro atoms. The molecule has 1 aromatic rings. The summed E-state index contributed by atoms with van der Waals surface area (Å²) in [5.74, 6) is -0.245. The molecule has 0 radical (unpaired) electrons. The molecule has 20 heavy (non-hydrogen) atoms. The van der Waals surface area contributed by atoms with Crippen LogP contribution in [-0.2, 0) is 20.6 Å². The van der Waals surface area contributed by atoms with Crippen LogP contribution in [0.2, 0.25) is 0 Å². The summed E-state index contributed by atoms with van der Waals surface area (Å²) in [7, 11) is -3.51. The number of carbonyl (C=O) groups excluding carboxylic acids is 1. The minimum Gasteiger partial charge on any atom is -0.341 e. The van der Waals surface area contributed by atoms with E-state index in [1.54, 1.807) is 36.1 Å². The van der Waals surface area contributed by atoms with Crippen molar-refractivity contribution in [3.63, 3.8) is 0 Å². The van der Waals surface area contributed by atoms with Gasteiger partial charge in [-0.1, -0.05) is 30.3 Å². The third-order valence-corrected chi connectivity index (χ3v) is 4.77. The van der Waals surface area contributed by atoms with Crippen LogP contribution < -0.4 is 4.72 Å². The van der Waals surface area contributed by atoms with Crippen LogP contribution in [-0.4, -0.2) is 38.4 Å². The highest BCUT2D eigenvalue weighted by molar-refractivity contribution is 7.88. The molecule has 1 aliphatic rings. The maximum absolute atomic E-state index is 12.1. The number of sulfonamides is 1. The molecule has 5 nitrogen and oxygen atoms in total. The van der Waals surface area contributed by atoms with Crippen molar-refractivity contribution in [2.75, 3.05) is 13.1 Å². The Kier molecular flexibility index (Phi) is 4.77. The van der Waals surface area contributed by atoms with Gasteiger partial charge in [0.25, 0.3) is 0 Å². The zero-order chi connectivity index (χ0) is 14.6. The molecule has 1 heterocycles. The van der Waals surface area contributed by atoms with Crippen LogP contribution >= 0.6 is 0 Å². The smallest absolute Gasteiger partial charge is 0.240 e. The van der Waals surface area contributed by atoms with E-state index in [4.69, 9.17) is 0 Å². The van der Waals surface area contributed by atoms with Gasteiger partial charge >= 0.3 is 0 Å². The molecule has 0 saturated carbocycles. The number of hydrogen-bond donors (Lipinski definition) is 1. The Morgan fingerprint density at radius 3 is 2.45 bits per heavy atom. The second kappa shape index (κ2) is 6.37. The summed E-state index contributed by atoms with van der Waals surface area (Å²) in [5, 5.41) is 0. The van der Waals surface area contributed by atoms with Crippen molar-refractivity contribution in [1.82, 2.24) is 9.62 Å². The number of amides is 1. The lowest BCUT2D eigenvalue weighted by Gasteiger charge is -2.21. The van der Waals surface area contributed by atoms with E-state index >= 15 is 0 Å². The summed E-state index contributed by atoms with van der Waals surface area (Å²) in [4.78, 5) is 13.8. The lowest BCUT2D eigenvalue weighted by Crippen LogP contribution is -2.46. The Hall–Kier alpha value is -1.40. The van der Waals surface area contributed by atoms with E-state index in [0.717, 1.165) is 25.9 Å². The summed E-state index contributed by atoms with van der Waals surface area (Å²) < 4.78 is 26.6. The Morgan fingerprint density at radius 2 is 1.85 bits per heavy atom. The minimum absolute atomic E-state index is 0.106. The minimum atomic E-state index is -3.51. The van der Waals surface area contributed by atoms with E-state index in [0.29, 0.717) is 5.56 Å². The Labute approximate surface area is 120 Å². The van der Waals surface area contributed by atoms with E-state index < -0.39 is 16.1 Å². The van der Waals surface area contributed by atoms with Gasteiger partial charge in [0.15, 0.2) is 0 Å². The summed E-state index contributed by atoms with van der Waals surface area (Å²) in [6, 6.07) is 8.23. The molecule has 0 bridgehead atoms. The van der Waals surface area contributed by atoms with Crippen LogP contribution in [0.4, 0.5) is 0 Å². The number of rotatable bonds is 5. The molecule has 1 saturated heterocycles. The lowest BCUT2D eigenvalue weighted by atomic mass is 10.2. The van der Waals surface area contributed by atoms with E-state index in [1.807, 2.05) is 6.07 Å². The molecule has 1 aliphatic heterocycles.